The van der Waals surface area contributed by atoms with E-state index in [1.165, 1.54) is 49.7 Å². The summed E-state index contributed by atoms with van der Waals surface area (Å²) in [6, 6.07) is 19.2. The Bertz CT molecular complexity index is 1510. The van der Waals surface area contributed by atoms with Crippen LogP contribution in [0.2, 0.25) is 0 Å². The number of fused-ring (bicyclic) bond motifs is 2. The summed E-state index contributed by atoms with van der Waals surface area (Å²) >= 11 is 0. The van der Waals surface area contributed by atoms with Gasteiger partial charge in [0.05, 0.1) is 0 Å². The highest BCUT2D eigenvalue weighted by Crippen LogP contribution is 2.51. The molecule has 5 rings (SSSR count). The number of hydrogen-bond donors (Lipinski definition) is 0. The van der Waals surface area contributed by atoms with Gasteiger partial charge < -0.3 is 14.2 Å². The largest absolute Gasteiger partial charge is 0.439 e. The van der Waals surface area contributed by atoms with E-state index in [-0.39, 0.29) is 5.97 Å². The number of carbonyl (C=O) groups excluding carboxylic acids is 1. The second-order valence-electron chi connectivity index (χ2n) is 11.5. The van der Waals surface area contributed by atoms with Gasteiger partial charge >= 0.3 is 5.97 Å². The molecule has 3 heterocycles. The zero-order valence-electron chi connectivity index (χ0n) is 25.5. The fourth-order valence-electron chi connectivity index (χ4n) is 6.61. The van der Waals surface area contributed by atoms with E-state index in [1.54, 1.807) is 6.20 Å². The van der Waals surface area contributed by atoms with Crippen LogP contribution in [0.15, 0.2) is 60.8 Å². The van der Waals surface area contributed by atoms with Gasteiger partial charge in [-0.15, -0.1) is 0 Å². The standard InChI is InChI=1S/C36H45N3O2/c1-6-9-14-24-39-27(5)33(29-16-12-13-18-32(29)39)36(31-17-15-21-37-34(31)35(40)41-36)30-20-19-28(25-26(30)4)38(22-10-7-2)23-11-8-3/h12-13,15-21,25H,6-11,14,22-24H2,1-5H3. The number of hydrogen-bond acceptors (Lipinski definition) is 4. The number of ether oxygens (including phenoxy) is 1. The maximum absolute atomic E-state index is 13.5. The summed E-state index contributed by atoms with van der Waals surface area (Å²) in [6.45, 7) is 14.1. The number of aryl methyl sites for hydroxylation is 2. The van der Waals surface area contributed by atoms with Crippen molar-refractivity contribution < 1.29 is 9.53 Å². The van der Waals surface area contributed by atoms with Crippen LogP contribution in [-0.4, -0.2) is 28.6 Å². The van der Waals surface area contributed by atoms with Gasteiger partial charge in [-0.1, -0.05) is 76.8 Å². The fraction of sp³-hybridized carbons (Fsp3) is 0.444. The Balaban J connectivity index is 1.74. The molecule has 5 heteroatoms. The first-order valence-corrected chi connectivity index (χ1v) is 15.6. The van der Waals surface area contributed by atoms with Crippen LogP contribution < -0.4 is 4.90 Å². The van der Waals surface area contributed by atoms with Crippen LogP contribution in [0.25, 0.3) is 10.9 Å². The Kier molecular flexibility index (Phi) is 8.82. The SMILES string of the molecule is CCCCCn1c(C)c(C2(c3ccc(N(CCCC)CCCC)cc3C)OC(=O)c3ncccc32)c2ccccc21. The number of para-hydroxylation sites is 1. The van der Waals surface area contributed by atoms with Crippen molar-refractivity contribution in [3.8, 4) is 0 Å². The van der Waals surface area contributed by atoms with E-state index in [2.05, 4.69) is 91.5 Å². The van der Waals surface area contributed by atoms with Gasteiger partial charge in [0.25, 0.3) is 0 Å². The predicted octanol–water partition coefficient (Wildman–Crippen LogP) is 8.71. The number of nitrogens with zero attached hydrogens (tertiary/aromatic N) is 3. The monoisotopic (exact) mass is 551 g/mol. The minimum atomic E-state index is -1.07. The molecule has 0 bridgehead atoms. The first kappa shape index (κ1) is 28.9. The van der Waals surface area contributed by atoms with E-state index in [4.69, 9.17) is 4.74 Å². The van der Waals surface area contributed by atoms with Crippen LogP contribution in [0.3, 0.4) is 0 Å². The first-order valence-electron chi connectivity index (χ1n) is 15.6. The van der Waals surface area contributed by atoms with Crippen LogP contribution in [0, 0.1) is 13.8 Å². The zero-order chi connectivity index (χ0) is 29.0. The average Bonchev–Trinajstić information content (AvgIpc) is 3.44. The lowest BCUT2D eigenvalue weighted by atomic mass is 9.77. The fourth-order valence-corrected chi connectivity index (χ4v) is 6.61. The van der Waals surface area contributed by atoms with E-state index < -0.39 is 5.60 Å². The molecule has 2 aromatic heterocycles. The molecule has 0 spiro atoms. The molecule has 2 aromatic carbocycles. The van der Waals surface area contributed by atoms with Crippen LogP contribution in [0.5, 0.6) is 0 Å². The van der Waals surface area contributed by atoms with Crippen molar-refractivity contribution in [2.75, 3.05) is 18.0 Å². The van der Waals surface area contributed by atoms with E-state index >= 15 is 0 Å². The van der Waals surface area contributed by atoms with Crippen molar-refractivity contribution in [3.05, 3.63) is 94.4 Å². The highest BCUT2D eigenvalue weighted by Gasteiger charge is 2.52. The molecule has 0 radical (unpaired) electrons. The van der Waals surface area contributed by atoms with Crippen molar-refractivity contribution in [3.63, 3.8) is 0 Å². The third kappa shape index (κ3) is 5.16. The molecule has 41 heavy (non-hydrogen) atoms. The maximum atomic E-state index is 13.5. The Hall–Kier alpha value is -3.60. The van der Waals surface area contributed by atoms with Crippen molar-refractivity contribution in [2.45, 2.75) is 91.7 Å². The Morgan fingerprint density at radius 2 is 1.59 bits per heavy atom. The molecular weight excluding hydrogens is 506 g/mol. The van der Waals surface area contributed by atoms with E-state index in [0.29, 0.717) is 5.69 Å². The van der Waals surface area contributed by atoms with Gasteiger partial charge in [0.1, 0.15) is 0 Å². The molecule has 0 aliphatic carbocycles. The molecule has 0 N–H and O–H groups in total. The van der Waals surface area contributed by atoms with Gasteiger partial charge in [-0.3, -0.25) is 0 Å². The highest BCUT2D eigenvalue weighted by atomic mass is 16.6. The topological polar surface area (TPSA) is 47.4 Å². The normalized spacial score (nSPS) is 16.3. The van der Waals surface area contributed by atoms with Crippen LogP contribution in [-0.2, 0) is 16.9 Å². The van der Waals surface area contributed by atoms with Gasteiger partial charge in [-0.05, 0) is 62.9 Å². The molecule has 5 nitrogen and oxygen atoms in total. The Labute approximate surface area is 245 Å². The number of carbonyl (C=O) groups is 1. The number of unbranched alkanes of at least 4 members (excludes halogenated alkanes) is 4. The van der Waals surface area contributed by atoms with Crippen molar-refractivity contribution in [1.82, 2.24) is 9.55 Å². The number of esters is 1. The summed E-state index contributed by atoms with van der Waals surface area (Å²) in [6.07, 6.45) is 9.83. The van der Waals surface area contributed by atoms with Gasteiger partial charge in [0.15, 0.2) is 11.3 Å². The van der Waals surface area contributed by atoms with Crippen molar-refractivity contribution in [1.29, 1.82) is 0 Å². The minimum Gasteiger partial charge on any atom is -0.439 e. The highest BCUT2D eigenvalue weighted by molar-refractivity contribution is 5.97. The molecule has 4 aromatic rings. The number of benzene rings is 2. The van der Waals surface area contributed by atoms with E-state index in [9.17, 15) is 4.79 Å². The Morgan fingerprint density at radius 1 is 0.854 bits per heavy atom. The van der Waals surface area contributed by atoms with Gasteiger partial charge in [0, 0.05) is 64.8 Å². The van der Waals surface area contributed by atoms with Crippen LogP contribution in [0.1, 0.15) is 104 Å². The summed E-state index contributed by atoms with van der Waals surface area (Å²) in [5, 5.41) is 1.13. The molecule has 1 unspecified atom stereocenters. The average molecular weight is 552 g/mol. The lowest BCUT2D eigenvalue weighted by molar-refractivity contribution is 0.0249. The maximum Gasteiger partial charge on any atom is 0.358 e. The summed E-state index contributed by atoms with van der Waals surface area (Å²) in [5.41, 5.74) is 6.90. The summed E-state index contributed by atoms with van der Waals surface area (Å²) in [4.78, 5) is 20.5. The summed E-state index contributed by atoms with van der Waals surface area (Å²) in [7, 11) is 0. The molecule has 216 valence electrons. The molecular formula is C36H45N3O2. The molecule has 0 fully saturated rings. The van der Waals surface area contributed by atoms with Gasteiger partial charge in [-0.2, -0.15) is 0 Å². The number of pyridine rings is 1. The van der Waals surface area contributed by atoms with Gasteiger partial charge in [-0.25, -0.2) is 9.78 Å². The molecule has 0 saturated carbocycles. The Morgan fingerprint density at radius 3 is 2.29 bits per heavy atom. The molecule has 1 aliphatic heterocycles. The third-order valence-corrected chi connectivity index (χ3v) is 8.71. The van der Waals surface area contributed by atoms with Crippen molar-refractivity contribution >= 4 is 22.6 Å². The second-order valence-corrected chi connectivity index (χ2v) is 11.5. The second kappa shape index (κ2) is 12.5. The molecule has 0 saturated heterocycles. The van der Waals surface area contributed by atoms with Crippen LogP contribution >= 0.6 is 0 Å². The molecule has 1 aliphatic rings. The number of cyclic esters (lactones) is 1. The van der Waals surface area contributed by atoms with E-state index in [0.717, 1.165) is 59.4 Å². The number of rotatable bonds is 13. The third-order valence-electron chi connectivity index (χ3n) is 8.71. The smallest absolute Gasteiger partial charge is 0.358 e. The van der Waals surface area contributed by atoms with Crippen LogP contribution in [0.4, 0.5) is 5.69 Å². The predicted molar refractivity (Wildman–Crippen MR) is 169 cm³/mol. The van der Waals surface area contributed by atoms with E-state index in [1.807, 2.05) is 12.1 Å². The summed E-state index contributed by atoms with van der Waals surface area (Å²) in [5.74, 6) is -0.362. The van der Waals surface area contributed by atoms with Crippen molar-refractivity contribution in [2.24, 2.45) is 0 Å². The number of anilines is 1. The van der Waals surface area contributed by atoms with Gasteiger partial charge in [0.2, 0.25) is 0 Å². The molecule has 0 amide bonds. The minimum absolute atomic E-state index is 0.362. The lowest BCUT2D eigenvalue weighted by Gasteiger charge is -2.33. The zero-order valence-corrected chi connectivity index (χ0v) is 25.5. The lowest BCUT2D eigenvalue weighted by Crippen LogP contribution is -2.32. The summed E-state index contributed by atoms with van der Waals surface area (Å²) < 4.78 is 9.02. The number of aromatic nitrogens is 2. The molecule has 1 atom stereocenters. The first-order chi connectivity index (χ1) is 20.0. The quantitative estimate of drug-likeness (QED) is 0.123.